The standard InChI is InChI=1S/C22H21N3O5.C13H14N2O3.C10H9NO5/c1-25-13-16(12-23-25)14-30-19-9-7-15(11-20(19)29-2)8-10-21(26)24-18-6-4-3-5-17(18)22(27)28;1-15-7-11(6-14-15)9-18-12-4-3-10(8-16)5-13(12)17-2;12-8(5-9(13)14)11-7-4-2-1-3-6(7)10(15)16/h3-13H,14H2,1-2H3,(H,24,26)(H,27,28);3-8H,9H2,1-2H3;1-4H,5H2,(H,11,12)(H,13,14)(H,15,16)/b10-8+;;. The van der Waals surface area contributed by atoms with E-state index in [0.29, 0.717) is 41.8 Å². The first-order chi connectivity index (χ1) is 30.7. The molecule has 0 radical (unpaired) electrons. The van der Waals surface area contributed by atoms with Crippen LogP contribution in [0.4, 0.5) is 11.4 Å². The monoisotopic (exact) mass is 876 g/mol. The number of methoxy groups -OCH3 is 2. The van der Waals surface area contributed by atoms with Crippen LogP contribution in [0.15, 0.2) is 116 Å². The maximum atomic E-state index is 12.2. The van der Waals surface area contributed by atoms with Crippen molar-refractivity contribution in [1.82, 2.24) is 19.6 Å². The predicted octanol–water partition coefficient (Wildman–Crippen LogP) is 5.98. The summed E-state index contributed by atoms with van der Waals surface area (Å²) in [6.07, 6.45) is 10.2. The Kier molecular flexibility index (Phi) is 17.9. The molecule has 6 aromatic rings. The number of nitrogens with one attached hydrogen (secondary N) is 2. The second kappa shape index (κ2) is 23.9. The Bertz CT molecular complexity index is 2620. The van der Waals surface area contributed by atoms with Gasteiger partial charge in [-0.05, 0) is 66.2 Å². The van der Waals surface area contributed by atoms with Crippen LogP contribution in [-0.2, 0) is 41.7 Å². The first-order valence-corrected chi connectivity index (χ1v) is 18.9. The second-order valence-electron chi connectivity index (χ2n) is 13.2. The van der Waals surface area contributed by atoms with Gasteiger partial charge in [0, 0.05) is 49.3 Å². The third-order valence-electron chi connectivity index (χ3n) is 8.40. The van der Waals surface area contributed by atoms with Crippen LogP contribution in [0.1, 0.15) is 54.2 Å². The summed E-state index contributed by atoms with van der Waals surface area (Å²) in [5.41, 5.74) is 3.44. The van der Waals surface area contributed by atoms with E-state index in [4.69, 9.17) is 29.2 Å². The maximum absolute atomic E-state index is 12.2. The van der Waals surface area contributed by atoms with Crippen molar-refractivity contribution < 1.29 is 63.0 Å². The van der Waals surface area contributed by atoms with Gasteiger partial charge in [0.15, 0.2) is 23.0 Å². The molecule has 0 aliphatic carbocycles. The molecule has 0 atom stereocenters. The van der Waals surface area contributed by atoms with Crippen molar-refractivity contribution >= 4 is 53.5 Å². The molecule has 0 aliphatic heterocycles. The lowest BCUT2D eigenvalue weighted by Gasteiger charge is -2.10. The lowest BCUT2D eigenvalue weighted by Crippen LogP contribution is -2.17. The number of carbonyl (C=O) groups is 6. The Hall–Kier alpha value is -8.74. The number of carboxylic acids is 3. The van der Waals surface area contributed by atoms with Crippen LogP contribution in [0, 0.1) is 0 Å². The summed E-state index contributed by atoms with van der Waals surface area (Å²) < 4.78 is 25.4. The summed E-state index contributed by atoms with van der Waals surface area (Å²) in [4.78, 5) is 66.2. The van der Waals surface area contributed by atoms with E-state index in [1.165, 1.54) is 43.5 Å². The summed E-state index contributed by atoms with van der Waals surface area (Å²) in [7, 11) is 6.76. The Morgan fingerprint density at radius 1 is 0.641 bits per heavy atom. The van der Waals surface area contributed by atoms with Crippen LogP contribution in [0.3, 0.4) is 0 Å². The Morgan fingerprint density at radius 2 is 1.11 bits per heavy atom. The van der Waals surface area contributed by atoms with E-state index in [0.717, 1.165) is 23.0 Å². The molecule has 0 saturated heterocycles. The molecule has 2 amide bonds. The van der Waals surface area contributed by atoms with E-state index in [1.807, 2.05) is 26.5 Å². The van der Waals surface area contributed by atoms with Gasteiger partial charge in [-0.2, -0.15) is 10.2 Å². The number of aromatic carboxylic acids is 2. The SMILES string of the molecule is COc1cc(/C=C/C(=O)Nc2ccccc2C(=O)O)ccc1OCc1cnn(C)c1.COc1cc(C=O)ccc1OCc1cnn(C)c1.O=C(O)CC(=O)Nc1ccccc1C(=O)O. The minimum Gasteiger partial charge on any atom is -0.493 e. The van der Waals surface area contributed by atoms with Gasteiger partial charge in [-0.15, -0.1) is 0 Å². The smallest absolute Gasteiger partial charge is 0.337 e. The number of carboxylic acid groups (broad SMARTS) is 3. The lowest BCUT2D eigenvalue weighted by molar-refractivity contribution is -0.139. The molecule has 0 unspecified atom stereocenters. The minimum absolute atomic E-state index is 0.0241. The van der Waals surface area contributed by atoms with E-state index >= 15 is 0 Å². The van der Waals surface area contributed by atoms with Crippen molar-refractivity contribution in [2.75, 3.05) is 24.9 Å². The van der Waals surface area contributed by atoms with Crippen molar-refractivity contribution in [2.24, 2.45) is 14.1 Å². The largest absolute Gasteiger partial charge is 0.493 e. The second-order valence-corrected chi connectivity index (χ2v) is 13.2. The number of nitrogens with zero attached hydrogens (tertiary/aromatic N) is 4. The first kappa shape index (κ1) is 47.9. The normalized spacial score (nSPS) is 10.2. The zero-order chi connectivity index (χ0) is 46.6. The highest BCUT2D eigenvalue weighted by Gasteiger charge is 2.14. The molecule has 64 heavy (non-hydrogen) atoms. The molecular formula is C45H44N6O13. The summed E-state index contributed by atoms with van der Waals surface area (Å²) in [5.74, 6) is -2.54. The van der Waals surface area contributed by atoms with Gasteiger partial charge >= 0.3 is 17.9 Å². The van der Waals surface area contributed by atoms with Gasteiger partial charge in [0.05, 0.1) is 49.1 Å². The fourth-order valence-electron chi connectivity index (χ4n) is 5.43. The molecule has 0 saturated carbocycles. The number of hydrogen-bond donors (Lipinski definition) is 5. The van der Waals surface area contributed by atoms with Crippen LogP contribution in [0.2, 0.25) is 0 Å². The van der Waals surface area contributed by atoms with Gasteiger partial charge in [-0.3, -0.25) is 28.5 Å². The molecule has 5 N–H and O–H groups in total. The zero-order valence-electron chi connectivity index (χ0n) is 35.0. The molecular weight excluding hydrogens is 833 g/mol. The topological polar surface area (TPSA) is 260 Å². The number of anilines is 2. The van der Waals surface area contributed by atoms with Crippen molar-refractivity contribution in [3.05, 3.63) is 149 Å². The fourth-order valence-corrected chi connectivity index (χ4v) is 5.43. The van der Waals surface area contributed by atoms with Gasteiger partial charge in [-0.25, -0.2) is 9.59 Å². The summed E-state index contributed by atoms with van der Waals surface area (Å²) >= 11 is 0. The van der Waals surface area contributed by atoms with Crippen molar-refractivity contribution in [2.45, 2.75) is 19.6 Å². The van der Waals surface area contributed by atoms with Crippen molar-refractivity contribution in [3.8, 4) is 23.0 Å². The molecule has 6 rings (SSSR count). The lowest BCUT2D eigenvalue weighted by atomic mass is 10.1. The highest BCUT2D eigenvalue weighted by atomic mass is 16.5. The quantitative estimate of drug-likeness (QED) is 0.0401. The molecule has 0 fully saturated rings. The van der Waals surface area contributed by atoms with Gasteiger partial charge in [0.1, 0.15) is 25.9 Å². The highest BCUT2D eigenvalue weighted by molar-refractivity contribution is 6.06. The molecule has 19 heteroatoms. The van der Waals surface area contributed by atoms with E-state index < -0.39 is 36.1 Å². The van der Waals surface area contributed by atoms with Gasteiger partial charge in [0.25, 0.3) is 0 Å². The number of para-hydroxylation sites is 2. The summed E-state index contributed by atoms with van der Waals surface area (Å²) in [6.45, 7) is 0.759. The molecule has 2 aromatic heterocycles. The van der Waals surface area contributed by atoms with Crippen LogP contribution in [-0.4, -0.2) is 85.1 Å². The third kappa shape index (κ3) is 15.1. The van der Waals surface area contributed by atoms with Crippen LogP contribution < -0.4 is 29.6 Å². The maximum Gasteiger partial charge on any atom is 0.337 e. The number of amides is 2. The minimum atomic E-state index is -1.27. The number of carbonyl (C=O) groups excluding carboxylic acids is 3. The number of aliphatic carboxylic acids is 1. The molecule has 332 valence electrons. The Labute approximate surface area is 366 Å². The average molecular weight is 877 g/mol. The fraction of sp³-hybridized carbons (Fsp3) is 0.156. The summed E-state index contributed by atoms with van der Waals surface area (Å²) in [5, 5.41) is 39.3. The number of aldehydes is 1. The van der Waals surface area contributed by atoms with E-state index in [2.05, 4.69) is 20.8 Å². The summed E-state index contributed by atoms with van der Waals surface area (Å²) in [6, 6.07) is 22.3. The third-order valence-corrected chi connectivity index (χ3v) is 8.40. The zero-order valence-corrected chi connectivity index (χ0v) is 35.0. The first-order valence-electron chi connectivity index (χ1n) is 18.9. The van der Waals surface area contributed by atoms with Crippen molar-refractivity contribution in [1.29, 1.82) is 0 Å². The van der Waals surface area contributed by atoms with Gasteiger partial charge < -0.3 is 44.9 Å². The number of aryl methyl sites for hydroxylation is 2. The van der Waals surface area contributed by atoms with Crippen LogP contribution in [0.5, 0.6) is 23.0 Å². The number of benzene rings is 4. The molecule has 0 spiro atoms. The average Bonchev–Trinajstić information content (AvgIpc) is 3.91. The predicted molar refractivity (Wildman–Crippen MR) is 232 cm³/mol. The van der Waals surface area contributed by atoms with E-state index in [9.17, 15) is 33.9 Å². The molecule has 0 bridgehead atoms. The molecule has 2 heterocycles. The van der Waals surface area contributed by atoms with Gasteiger partial charge in [-0.1, -0.05) is 30.3 Å². The highest BCUT2D eigenvalue weighted by Crippen LogP contribution is 2.30. The molecule has 19 nitrogen and oxygen atoms in total. The van der Waals surface area contributed by atoms with Gasteiger partial charge in [0.2, 0.25) is 11.8 Å². The molecule has 4 aromatic carbocycles. The molecule has 0 aliphatic rings. The number of hydrogen-bond acceptors (Lipinski definition) is 12. The number of rotatable bonds is 17. The van der Waals surface area contributed by atoms with Crippen LogP contribution >= 0.6 is 0 Å². The van der Waals surface area contributed by atoms with E-state index in [1.54, 1.807) is 89.5 Å². The Balaban J connectivity index is 0.000000226. The van der Waals surface area contributed by atoms with E-state index in [-0.39, 0.29) is 22.5 Å². The van der Waals surface area contributed by atoms with Crippen molar-refractivity contribution in [3.63, 3.8) is 0 Å². The van der Waals surface area contributed by atoms with Crippen LogP contribution in [0.25, 0.3) is 6.08 Å². The Morgan fingerprint density at radius 3 is 1.55 bits per heavy atom. The number of ether oxygens (including phenoxy) is 4. The number of aromatic nitrogens is 4.